The summed E-state index contributed by atoms with van der Waals surface area (Å²) in [4.78, 5) is 0. The van der Waals surface area contributed by atoms with Crippen LogP contribution in [0.5, 0.6) is 0 Å². The number of hydrogen-bond acceptors (Lipinski definition) is 0. The van der Waals surface area contributed by atoms with Gasteiger partial charge in [-0.25, -0.2) is 0 Å². The van der Waals surface area contributed by atoms with Crippen molar-refractivity contribution in [2.24, 2.45) is 5.92 Å². The lowest BCUT2D eigenvalue weighted by Crippen LogP contribution is -1.87. The summed E-state index contributed by atoms with van der Waals surface area (Å²) in [6.07, 6.45) is 53.4. The van der Waals surface area contributed by atoms with E-state index in [2.05, 4.69) is 20.8 Å². The second-order valence-corrected chi connectivity index (χ2v) is 14.2. The zero-order chi connectivity index (χ0) is 29.0. The van der Waals surface area contributed by atoms with E-state index in [-0.39, 0.29) is 0 Å². The molecule has 0 rings (SSSR count). The molecule has 40 heavy (non-hydrogen) atoms. The molecule has 0 aliphatic heterocycles. The van der Waals surface area contributed by atoms with E-state index in [0.29, 0.717) is 0 Å². The summed E-state index contributed by atoms with van der Waals surface area (Å²) in [6, 6.07) is 0. The van der Waals surface area contributed by atoms with Crippen molar-refractivity contribution in [3.63, 3.8) is 0 Å². The highest BCUT2D eigenvalue weighted by atomic mass is 14.0. The Bertz CT molecular complexity index is 410. The van der Waals surface area contributed by atoms with E-state index in [4.69, 9.17) is 0 Å². The molecule has 0 spiro atoms. The van der Waals surface area contributed by atoms with Crippen molar-refractivity contribution in [3.8, 4) is 0 Å². The first-order chi connectivity index (χ1) is 19.8. The van der Waals surface area contributed by atoms with E-state index in [1.165, 1.54) is 231 Å². The van der Waals surface area contributed by atoms with Crippen molar-refractivity contribution in [2.75, 3.05) is 0 Å². The Morgan fingerprint density at radius 3 is 0.525 bits per heavy atom. The van der Waals surface area contributed by atoms with Gasteiger partial charge in [-0.2, -0.15) is 0 Å². The molecule has 0 bridgehead atoms. The Kier molecular flexibility index (Phi) is 37.0. The predicted molar refractivity (Wildman–Crippen MR) is 187 cm³/mol. The highest BCUT2D eigenvalue weighted by molar-refractivity contribution is 4.53. The molecule has 0 heterocycles. The van der Waals surface area contributed by atoms with Crippen LogP contribution in [0.15, 0.2) is 0 Å². The molecule has 0 radical (unpaired) electrons. The van der Waals surface area contributed by atoms with Crippen LogP contribution in [0.2, 0.25) is 0 Å². The maximum Gasteiger partial charge on any atom is -0.0471 e. The van der Waals surface area contributed by atoms with Gasteiger partial charge in [0.15, 0.2) is 0 Å². The van der Waals surface area contributed by atoms with E-state index < -0.39 is 0 Å². The number of hydrogen-bond donors (Lipinski definition) is 0. The fraction of sp³-hybridized carbons (Fsp3) is 1.00. The SMILES string of the molecule is CCCCCCCCCCCCCCCCCCCCCCCCCCCCCCCCCCCCCC(C)C. The Balaban J connectivity index is 3.02. The van der Waals surface area contributed by atoms with Crippen LogP contribution >= 0.6 is 0 Å². The molecule has 0 aromatic rings. The molecular formula is C40H82. The molecule has 0 atom stereocenters. The van der Waals surface area contributed by atoms with Crippen LogP contribution < -0.4 is 0 Å². The summed E-state index contributed by atoms with van der Waals surface area (Å²) in [5, 5.41) is 0. The molecule has 0 heteroatoms. The van der Waals surface area contributed by atoms with Crippen molar-refractivity contribution in [3.05, 3.63) is 0 Å². The summed E-state index contributed by atoms with van der Waals surface area (Å²) in [6.45, 7) is 7.01. The van der Waals surface area contributed by atoms with Crippen molar-refractivity contribution >= 4 is 0 Å². The number of rotatable bonds is 36. The topological polar surface area (TPSA) is 0 Å². The molecule has 0 saturated carbocycles. The van der Waals surface area contributed by atoms with Gasteiger partial charge in [-0.3, -0.25) is 0 Å². The van der Waals surface area contributed by atoms with Crippen LogP contribution in [0.4, 0.5) is 0 Å². The number of unbranched alkanes of at least 4 members (excludes halogenated alkanes) is 34. The van der Waals surface area contributed by atoms with Gasteiger partial charge in [-0.1, -0.05) is 252 Å². The van der Waals surface area contributed by atoms with E-state index in [0.717, 1.165) is 5.92 Å². The van der Waals surface area contributed by atoms with Crippen LogP contribution in [-0.4, -0.2) is 0 Å². The molecular weight excluding hydrogens is 480 g/mol. The summed E-state index contributed by atoms with van der Waals surface area (Å²) in [5.41, 5.74) is 0. The normalized spacial score (nSPS) is 11.7. The smallest absolute Gasteiger partial charge is 0.0471 e. The third-order valence-corrected chi connectivity index (χ3v) is 9.39. The molecule has 0 aliphatic carbocycles. The van der Waals surface area contributed by atoms with E-state index in [1.54, 1.807) is 0 Å². The van der Waals surface area contributed by atoms with Gasteiger partial charge in [0.1, 0.15) is 0 Å². The largest absolute Gasteiger partial charge is 0.0654 e. The lowest BCUT2D eigenvalue weighted by atomic mass is 10.0. The molecule has 242 valence electrons. The van der Waals surface area contributed by atoms with Gasteiger partial charge in [-0.15, -0.1) is 0 Å². The Morgan fingerprint density at radius 2 is 0.375 bits per heavy atom. The van der Waals surface area contributed by atoms with E-state index >= 15 is 0 Å². The van der Waals surface area contributed by atoms with Gasteiger partial charge in [0, 0.05) is 0 Å². The van der Waals surface area contributed by atoms with E-state index in [9.17, 15) is 0 Å². The monoisotopic (exact) mass is 563 g/mol. The van der Waals surface area contributed by atoms with Crippen molar-refractivity contribution in [2.45, 2.75) is 252 Å². The molecule has 0 amide bonds. The van der Waals surface area contributed by atoms with Crippen molar-refractivity contribution in [1.29, 1.82) is 0 Å². The van der Waals surface area contributed by atoms with Crippen molar-refractivity contribution < 1.29 is 0 Å². The summed E-state index contributed by atoms with van der Waals surface area (Å²) >= 11 is 0. The molecule has 0 N–H and O–H groups in total. The first-order valence-corrected chi connectivity index (χ1v) is 19.8. The summed E-state index contributed by atoms with van der Waals surface area (Å²) < 4.78 is 0. The van der Waals surface area contributed by atoms with Gasteiger partial charge in [0.05, 0.1) is 0 Å². The van der Waals surface area contributed by atoms with Crippen LogP contribution in [-0.2, 0) is 0 Å². The van der Waals surface area contributed by atoms with Gasteiger partial charge in [-0.05, 0) is 5.92 Å². The molecule has 0 aromatic heterocycles. The zero-order valence-electron chi connectivity index (χ0n) is 29.0. The molecule has 0 nitrogen and oxygen atoms in total. The highest BCUT2D eigenvalue weighted by Gasteiger charge is 1.98. The van der Waals surface area contributed by atoms with Gasteiger partial charge in [0.2, 0.25) is 0 Å². The quantitative estimate of drug-likeness (QED) is 0.0666. The molecule has 0 saturated heterocycles. The minimum absolute atomic E-state index is 0.896. The Hall–Kier alpha value is 0. The molecule has 0 aromatic carbocycles. The Morgan fingerprint density at radius 1 is 0.225 bits per heavy atom. The van der Waals surface area contributed by atoms with Crippen LogP contribution in [0, 0.1) is 5.92 Å². The van der Waals surface area contributed by atoms with Gasteiger partial charge in [0.25, 0.3) is 0 Å². The standard InChI is InChI=1S/C40H82/c1-4-5-6-7-8-9-10-11-12-13-14-15-16-17-18-19-20-21-22-23-24-25-26-27-28-29-30-31-32-33-34-35-36-37-38-39-40(2)3/h40H,4-39H2,1-3H3. The lowest BCUT2D eigenvalue weighted by molar-refractivity contribution is 0.500. The van der Waals surface area contributed by atoms with Gasteiger partial charge < -0.3 is 0 Å². The highest BCUT2D eigenvalue weighted by Crippen LogP contribution is 2.17. The lowest BCUT2D eigenvalue weighted by Gasteiger charge is -2.05. The van der Waals surface area contributed by atoms with Crippen molar-refractivity contribution in [1.82, 2.24) is 0 Å². The fourth-order valence-electron chi connectivity index (χ4n) is 6.46. The van der Waals surface area contributed by atoms with Gasteiger partial charge >= 0.3 is 0 Å². The zero-order valence-corrected chi connectivity index (χ0v) is 29.0. The maximum atomic E-state index is 2.35. The summed E-state index contributed by atoms with van der Waals surface area (Å²) in [5.74, 6) is 0.896. The first-order valence-electron chi connectivity index (χ1n) is 19.8. The minimum Gasteiger partial charge on any atom is -0.0654 e. The molecule has 0 unspecified atom stereocenters. The molecule has 0 fully saturated rings. The third kappa shape index (κ3) is 38.0. The summed E-state index contributed by atoms with van der Waals surface area (Å²) in [7, 11) is 0. The second kappa shape index (κ2) is 37.0. The fourth-order valence-corrected chi connectivity index (χ4v) is 6.46. The second-order valence-electron chi connectivity index (χ2n) is 14.2. The van der Waals surface area contributed by atoms with Crippen LogP contribution in [0.25, 0.3) is 0 Å². The Labute approximate surface area is 257 Å². The van der Waals surface area contributed by atoms with E-state index in [1.807, 2.05) is 0 Å². The predicted octanol–water partition coefficient (Wildman–Crippen LogP) is 15.7. The average Bonchev–Trinajstić information content (AvgIpc) is 2.95. The maximum absolute atomic E-state index is 2.35. The molecule has 0 aliphatic rings. The van der Waals surface area contributed by atoms with Crippen LogP contribution in [0.1, 0.15) is 252 Å². The first kappa shape index (κ1) is 40.0. The average molecular weight is 563 g/mol. The van der Waals surface area contributed by atoms with Crippen LogP contribution in [0.3, 0.4) is 0 Å². The minimum atomic E-state index is 0.896. The third-order valence-electron chi connectivity index (χ3n) is 9.39.